The summed E-state index contributed by atoms with van der Waals surface area (Å²) in [5.41, 5.74) is 1.07. The highest BCUT2D eigenvalue weighted by atomic mass is 35.5. The predicted octanol–water partition coefficient (Wildman–Crippen LogP) is 3.90. The van der Waals surface area contributed by atoms with Crippen molar-refractivity contribution in [3.05, 3.63) is 28.8 Å². The number of ether oxygens (including phenoxy) is 1. The highest BCUT2D eigenvalue weighted by Crippen LogP contribution is 2.28. The fourth-order valence-corrected chi connectivity index (χ4v) is 1.93. The summed E-state index contributed by atoms with van der Waals surface area (Å²) in [7, 11) is 0. The summed E-state index contributed by atoms with van der Waals surface area (Å²) in [6, 6.07) is 5.55. The van der Waals surface area contributed by atoms with Crippen LogP contribution in [0.2, 0.25) is 5.02 Å². The average molecular weight is 231 g/mol. The molecule has 0 amide bonds. The maximum Gasteiger partial charge on any atom is 0.372 e. The van der Waals surface area contributed by atoms with Crippen LogP contribution < -0.4 is 0 Å². The van der Waals surface area contributed by atoms with Crippen molar-refractivity contribution in [1.82, 2.24) is 0 Å². The van der Waals surface area contributed by atoms with Crippen molar-refractivity contribution in [2.45, 2.75) is 18.7 Å². The van der Waals surface area contributed by atoms with Gasteiger partial charge in [-0.2, -0.15) is 0 Å². The first-order chi connectivity index (χ1) is 6.63. The largest absolute Gasteiger partial charge is 0.458 e. The van der Waals surface area contributed by atoms with Crippen molar-refractivity contribution >= 4 is 28.7 Å². The van der Waals surface area contributed by atoms with E-state index in [-0.39, 0.29) is 5.30 Å². The maximum absolute atomic E-state index is 11.1. The number of hydrogen-bond acceptors (Lipinski definition) is 3. The van der Waals surface area contributed by atoms with Gasteiger partial charge in [0.25, 0.3) is 0 Å². The first-order valence-electron chi connectivity index (χ1n) is 4.24. The quantitative estimate of drug-likeness (QED) is 0.570. The zero-order valence-corrected chi connectivity index (χ0v) is 9.61. The van der Waals surface area contributed by atoms with Crippen LogP contribution in [0.25, 0.3) is 0 Å². The molecule has 0 spiro atoms. The maximum atomic E-state index is 11.1. The predicted molar refractivity (Wildman–Crippen MR) is 59.1 cm³/mol. The normalized spacial score (nSPS) is 9.93. The molecule has 0 aliphatic rings. The number of carbonyl (C=O) groups excluding carboxylic acids is 1. The standard InChI is InChI=1S/C10H11ClO2S/c1-3-13-10(12)14-9-5-4-7(2)6-8(9)11/h4-6H,3H2,1-2H3. The monoisotopic (exact) mass is 230 g/mol. The number of rotatable bonds is 2. The van der Waals surface area contributed by atoms with Crippen molar-refractivity contribution in [3.8, 4) is 0 Å². The molecule has 1 aromatic rings. The van der Waals surface area contributed by atoms with Gasteiger partial charge in [0.1, 0.15) is 0 Å². The minimum atomic E-state index is -0.321. The Bertz CT molecular complexity index is 339. The molecule has 2 nitrogen and oxygen atoms in total. The molecule has 1 rings (SSSR count). The third-order valence-electron chi connectivity index (χ3n) is 1.54. The van der Waals surface area contributed by atoms with Gasteiger partial charge in [0.05, 0.1) is 11.6 Å². The summed E-state index contributed by atoms with van der Waals surface area (Å²) >= 11 is 6.96. The van der Waals surface area contributed by atoms with Crippen molar-refractivity contribution in [1.29, 1.82) is 0 Å². The molecular weight excluding hydrogens is 220 g/mol. The van der Waals surface area contributed by atoms with E-state index in [1.807, 2.05) is 25.1 Å². The number of carbonyl (C=O) groups is 1. The van der Waals surface area contributed by atoms with Crippen LogP contribution in [0.1, 0.15) is 12.5 Å². The lowest BCUT2D eigenvalue weighted by atomic mass is 10.2. The summed E-state index contributed by atoms with van der Waals surface area (Å²) in [5, 5.41) is 0.265. The number of benzene rings is 1. The first kappa shape index (κ1) is 11.4. The minimum Gasteiger partial charge on any atom is -0.458 e. The van der Waals surface area contributed by atoms with E-state index >= 15 is 0 Å². The zero-order chi connectivity index (χ0) is 10.6. The van der Waals surface area contributed by atoms with E-state index < -0.39 is 0 Å². The van der Waals surface area contributed by atoms with Gasteiger partial charge in [-0.05, 0) is 43.3 Å². The Morgan fingerprint density at radius 3 is 2.86 bits per heavy atom. The molecule has 0 bridgehead atoms. The molecule has 14 heavy (non-hydrogen) atoms. The molecule has 0 aromatic heterocycles. The molecule has 0 saturated heterocycles. The van der Waals surface area contributed by atoms with Crippen LogP contribution in [0, 0.1) is 6.92 Å². The Labute approximate surface area is 92.6 Å². The summed E-state index contributed by atoms with van der Waals surface area (Å²) < 4.78 is 4.80. The molecule has 0 saturated carbocycles. The van der Waals surface area contributed by atoms with Crippen LogP contribution in [-0.4, -0.2) is 11.9 Å². The molecule has 0 heterocycles. The van der Waals surface area contributed by atoms with E-state index in [0.717, 1.165) is 22.2 Å². The second-order valence-electron chi connectivity index (χ2n) is 2.72. The van der Waals surface area contributed by atoms with Gasteiger partial charge < -0.3 is 4.74 Å². The van der Waals surface area contributed by atoms with Crippen LogP contribution in [-0.2, 0) is 4.74 Å². The highest BCUT2D eigenvalue weighted by molar-refractivity contribution is 8.13. The van der Waals surface area contributed by atoms with E-state index in [1.54, 1.807) is 6.92 Å². The summed E-state index contributed by atoms with van der Waals surface area (Å²) in [4.78, 5) is 11.9. The molecule has 0 unspecified atom stereocenters. The van der Waals surface area contributed by atoms with E-state index in [4.69, 9.17) is 16.3 Å². The topological polar surface area (TPSA) is 26.3 Å². The van der Waals surface area contributed by atoms with Gasteiger partial charge in [-0.1, -0.05) is 17.7 Å². The van der Waals surface area contributed by atoms with Crippen molar-refractivity contribution in [3.63, 3.8) is 0 Å². The number of hydrogen-bond donors (Lipinski definition) is 0. The van der Waals surface area contributed by atoms with Gasteiger partial charge >= 0.3 is 5.30 Å². The first-order valence-corrected chi connectivity index (χ1v) is 5.43. The van der Waals surface area contributed by atoms with Crippen molar-refractivity contribution < 1.29 is 9.53 Å². The molecule has 0 aliphatic carbocycles. The van der Waals surface area contributed by atoms with Gasteiger partial charge in [0, 0.05) is 4.90 Å². The third-order valence-corrected chi connectivity index (χ3v) is 2.83. The van der Waals surface area contributed by atoms with E-state index in [0.29, 0.717) is 11.6 Å². The summed E-state index contributed by atoms with van der Waals surface area (Å²) in [5.74, 6) is 0. The number of thioether (sulfide) groups is 1. The second-order valence-corrected chi connectivity index (χ2v) is 4.10. The fourth-order valence-electron chi connectivity index (χ4n) is 0.926. The molecule has 0 aliphatic heterocycles. The fraction of sp³-hybridized carbons (Fsp3) is 0.300. The lowest BCUT2D eigenvalue weighted by Crippen LogP contribution is -1.95. The Hall–Kier alpha value is -0.670. The molecule has 0 radical (unpaired) electrons. The molecule has 1 aromatic carbocycles. The number of halogens is 1. The SMILES string of the molecule is CCOC(=O)Sc1ccc(C)cc1Cl. The van der Waals surface area contributed by atoms with Crippen LogP contribution in [0.4, 0.5) is 4.79 Å². The Morgan fingerprint density at radius 1 is 1.57 bits per heavy atom. The molecular formula is C10H11ClO2S. The van der Waals surface area contributed by atoms with Crippen LogP contribution >= 0.6 is 23.4 Å². The van der Waals surface area contributed by atoms with Crippen molar-refractivity contribution in [2.24, 2.45) is 0 Å². The Kier molecular flexibility index (Phi) is 4.29. The van der Waals surface area contributed by atoms with Gasteiger partial charge in [-0.3, -0.25) is 0 Å². The average Bonchev–Trinajstić information content (AvgIpc) is 2.10. The second kappa shape index (κ2) is 5.27. The van der Waals surface area contributed by atoms with Crippen LogP contribution in [0.5, 0.6) is 0 Å². The van der Waals surface area contributed by atoms with Gasteiger partial charge in [-0.15, -0.1) is 0 Å². The molecule has 4 heteroatoms. The van der Waals surface area contributed by atoms with E-state index in [1.165, 1.54) is 0 Å². The lowest BCUT2D eigenvalue weighted by molar-refractivity contribution is 0.181. The molecule has 0 fully saturated rings. The van der Waals surface area contributed by atoms with E-state index in [2.05, 4.69) is 0 Å². The minimum absolute atomic E-state index is 0.321. The summed E-state index contributed by atoms with van der Waals surface area (Å²) in [6.07, 6.45) is 0. The molecule has 76 valence electrons. The lowest BCUT2D eigenvalue weighted by Gasteiger charge is -2.03. The highest BCUT2D eigenvalue weighted by Gasteiger charge is 2.08. The van der Waals surface area contributed by atoms with Gasteiger partial charge in [-0.25, -0.2) is 4.79 Å². The van der Waals surface area contributed by atoms with Crippen molar-refractivity contribution in [2.75, 3.05) is 6.61 Å². The van der Waals surface area contributed by atoms with Crippen LogP contribution in [0.3, 0.4) is 0 Å². The number of aryl methyl sites for hydroxylation is 1. The molecule has 0 N–H and O–H groups in total. The van der Waals surface area contributed by atoms with Gasteiger partial charge in [0.15, 0.2) is 0 Å². The van der Waals surface area contributed by atoms with E-state index in [9.17, 15) is 4.79 Å². The smallest absolute Gasteiger partial charge is 0.372 e. The van der Waals surface area contributed by atoms with Crippen LogP contribution in [0.15, 0.2) is 23.1 Å². The molecule has 0 atom stereocenters. The van der Waals surface area contributed by atoms with Gasteiger partial charge in [0.2, 0.25) is 0 Å². The Morgan fingerprint density at radius 2 is 2.29 bits per heavy atom. The third kappa shape index (κ3) is 3.24. The summed E-state index contributed by atoms with van der Waals surface area (Å²) in [6.45, 7) is 4.11. The zero-order valence-electron chi connectivity index (χ0n) is 8.04. The Balaban J connectivity index is 2.72.